The Morgan fingerprint density at radius 3 is 2.42 bits per heavy atom. The number of hydrogen-bond donors (Lipinski definition) is 0. The van der Waals surface area contributed by atoms with Gasteiger partial charge in [-0.1, -0.05) is 23.7 Å². The van der Waals surface area contributed by atoms with Crippen LogP contribution in [0, 0.1) is 13.8 Å². The van der Waals surface area contributed by atoms with E-state index in [0.717, 1.165) is 28.1 Å². The summed E-state index contributed by atoms with van der Waals surface area (Å²) in [6.45, 7) is 7.95. The second-order valence-corrected chi connectivity index (χ2v) is 5.11. The van der Waals surface area contributed by atoms with Crippen molar-refractivity contribution in [2.75, 3.05) is 0 Å². The lowest BCUT2D eigenvalue weighted by atomic mass is 10.0. The van der Waals surface area contributed by atoms with Gasteiger partial charge in [-0.05, 0) is 51.0 Å². The fourth-order valence-corrected chi connectivity index (χ4v) is 2.03. The van der Waals surface area contributed by atoms with Gasteiger partial charge in [0.25, 0.3) is 0 Å². The lowest BCUT2D eigenvalue weighted by Gasteiger charge is -2.15. The molecular formula is C15H17ClN2O. The van der Waals surface area contributed by atoms with E-state index in [2.05, 4.69) is 10.2 Å². The highest BCUT2D eigenvalue weighted by atomic mass is 35.5. The number of hydrogen-bond acceptors (Lipinski definition) is 3. The smallest absolute Gasteiger partial charge is 0.154 e. The zero-order valence-electron chi connectivity index (χ0n) is 11.6. The van der Waals surface area contributed by atoms with E-state index in [4.69, 9.17) is 16.3 Å². The van der Waals surface area contributed by atoms with Crippen molar-refractivity contribution >= 4 is 11.6 Å². The Morgan fingerprint density at radius 2 is 1.74 bits per heavy atom. The first-order chi connectivity index (χ1) is 9.00. The molecule has 0 spiro atoms. The molecule has 4 heteroatoms. The van der Waals surface area contributed by atoms with Gasteiger partial charge in [-0.25, -0.2) is 0 Å². The fraction of sp³-hybridized carbons (Fsp3) is 0.333. The van der Waals surface area contributed by atoms with Crippen LogP contribution in [-0.2, 0) is 0 Å². The molecule has 0 atom stereocenters. The van der Waals surface area contributed by atoms with E-state index in [0.29, 0.717) is 5.15 Å². The van der Waals surface area contributed by atoms with Crippen LogP contribution >= 0.6 is 11.6 Å². The van der Waals surface area contributed by atoms with E-state index in [1.54, 1.807) is 0 Å². The van der Waals surface area contributed by atoms with Crippen LogP contribution in [0.2, 0.25) is 5.15 Å². The van der Waals surface area contributed by atoms with Gasteiger partial charge in [0.1, 0.15) is 5.75 Å². The summed E-state index contributed by atoms with van der Waals surface area (Å²) < 4.78 is 5.82. The van der Waals surface area contributed by atoms with Crippen LogP contribution in [0.15, 0.2) is 24.3 Å². The van der Waals surface area contributed by atoms with Gasteiger partial charge in [-0.3, -0.25) is 0 Å². The molecule has 0 aliphatic rings. The molecule has 2 rings (SSSR count). The number of halogens is 1. The molecular weight excluding hydrogens is 260 g/mol. The summed E-state index contributed by atoms with van der Waals surface area (Å²) >= 11 is 5.99. The summed E-state index contributed by atoms with van der Waals surface area (Å²) in [6.07, 6.45) is 0.114. The highest BCUT2D eigenvalue weighted by Gasteiger charge is 2.14. The van der Waals surface area contributed by atoms with Crippen LogP contribution in [0.25, 0.3) is 11.3 Å². The maximum absolute atomic E-state index is 5.99. The maximum Gasteiger partial charge on any atom is 0.154 e. The predicted molar refractivity (Wildman–Crippen MR) is 77.7 cm³/mol. The third-order valence-electron chi connectivity index (χ3n) is 2.97. The first-order valence-electron chi connectivity index (χ1n) is 6.26. The fourth-order valence-electron chi connectivity index (χ4n) is 1.85. The molecule has 3 nitrogen and oxygen atoms in total. The molecule has 0 saturated heterocycles. The second kappa shape index (κ2) is 5.57. The quantitative estimate of drug-likeness (QED) is 0.843. The van der Waals surface area contributed by atoms with Crippen molar-refractivity contribution in [3.05, 3.63) is 40.5 Å². The number of rotatable bonds is 3. The number of nitrogens with zero attached hydrogens (tertiary/aromatic N) is 2. The third-order valence-corrected chi connectivity index (χ3v) is 3.33. The maximum atomic E-state index is 5.99. The van der Waals surface area contributed by atoms with Gasteiger partial charge in [0, 0.05) is 5.56 Å². The molecule has 0 aliphatic carbocycles. The van der Waals surface area contributed by atoms with Gasteiger partial charge in [0.05, 0.1) is 11.8 Å². The topological polar surface area (TPSA) is 35.0 Å². The molecule has 1 aromatic carbocycles. The Hall–Kier alpha value is -1.61. The van der Waals surface area contributed by atoms with E-state index in [-0.39, 0.29) is 6.10 Å². The standard InChI is InChI=1S/C15H17ClN2O/c1-9(2)19-13-8-6-5-7-12(13)14-10(3)11(4)15(16)18-17-14/h5-9H,1-4H3. The Labute approximate surface area is 118 Å². The average Bonchev–Trinajstić information content (AvgIpc) is 2.37. The van der Waals surface area contributed by atoms with Gasteiger partial charge < -0.3 is 4.74 Å². The van der Waals surface area contributed by atoms with E-state index in [9.17, 15) is 0 Å². The van der Waals surface area contributed by atoms with E-state index in [1.807, 2.05) is 52.0 Å². The largest absolute Gasteiger partial charge is 0.490 e. The highest BCUT2D eigenvalue weighted by molar-refractivity contribution is 6.30. The summed E-state index contributed by atoms with van der Waals surface area (Å²) in [4.78, 5) is 0. The van der Waals surface area contributed by atoms with E-state index < -0.39 is 0 Å². The van der Waals surface area contributed by atoms with Crippen molar-refractivity contribution in [1.29, 1.82) is 0 Å². The van der Waals surface area contributed by atoms with Gasteiger partial charge in [0.2, 0.25) is 0 Å². The van der Waals surface area contributed by atoms with Crippen molar-refractivity contribution in [2.24, 2.45) is 0 Å². The first kappa shape index (κ1) is 13.8. The van der Waals surface area contributed by atoms with Crippen LogP contribution in [0.4, 0.5) is 0 Å². The van der Waals surface area contributed by atoms with Gasteiger partial charge in [-0.2, -0.15) is 0 Å². The molecule has 0 N–H and O–H groups in total. The summed E-state index contributed by atoms with van der Waals surface area (Å²) in [5.74, 6) is 0.816. The van der Waals surface area contributed by atoms with Gasteiger partial charge >= 0.3 is 0 Å². The van der Waals surface area contributed by atoms with Crippen LogP contribution < -0.4 is 4.74 Å². The van der Waals surface area contributed by atoms with Crippen LogP contribution in [-0.4, -0.2) is 16.3 Å². The normalized spacial score (nSPS) is 10.8. The van der Waals surface area contributed by atoms with E-state index >= 15 is 0 Å². The van der Waals surface area contributed by atoms with Crippen molar-refractivity contribution in [1.82, 2.24) is 10.2 Å². The van der Waals surface area contributed by atoms with Gasteiger partial charge in [-0.15, -0.1) is 10.2 Å². The molecule has 100 valence electrons. The molecule has 1 aromatic heterocycles. The molecule has 0 aliphatic heterocycles. The zero-order valence-corrected chi connectivity index (χ0v) is 12.3. The molecule has 0 bridgehead atoms. The highest BCUT2D eigenvalue weighted by Crippen LogP contribution is 2.33. The summed E-state index contributed by atoms with van der Waals surface area (Å²) in [5.41, 5.74) is 3.74. The Morgan fingerprint density at radius 1 is 1.05 bits per heavy atom. The van der Waals surface area contributed by atoms with Crippen molar-refractivity contribution < 1.29 is 4.74 Å². The molecule has 19 heavy (non-hydrogen) atoms. The molecule has 2 aromatic rings. The van der Waals surface area contributed by atoms with Crippen molar-refractivity contribution in [3.8, 4) is 17.0 Å². The summed E-state index contributed by atoms with van der Waals surface area (Å²) in [5, 5.41) is 8.66. The minimum absolute atomic E-state index is 0.114. The first-order valence-corrected chi connectivity index (χ1v) is 6.64. The van der Waals surface area contributed by atoms with Crippen molar-refractivity contribution in [2.45, 2.75) is 33.8 Å². The van der Waals surface area contributed by atoms with Crippen LogP contribution in [0.1, 0.15) is 25.0 Å². The van der Waals surface area contributed by atoms with Crippen LogP contribution in [0.5, 0.6) is 5.75 Å². The number of benzene rings is 1. The second-order valence-electron chi connectivity index (χ2n) is 4.75. The molecule has 0 amide bonds. The Kier molecular flexibility index (Phi) is 4.05. The number of para-hydroxylation sites is 1. The third kappa shape index (κ3) is 2.87. The van der Waals surface area contributed by atoms with Crippen LogP contribution in [0.3, 0.4) is 0 Å². The number of aromatic nitrogens is 2. The molecule has 1 heterocycles. The van der Waals surface area contributed by atoms with E-state index in [1.165, 1.54) is 0 Å². The molecule has 0 radical (unpaired) electrons. The average molecular weight is 277 g/mol. The Bertz CT molecular complexity index is 597. The number of ether oxygens (including phenoxy) is 1. The summed E-state index contributed by atoms with van der Waals surface area (Å²) in [6, 6.07) is 7.85. The zero-order chi connectivity index (χ0) is 14.0. The summed E-state index contributed by atoms with van der Waals surface area (Å²) in [7, 11) is 0. The Balaban J connectivity index is 2.56. The van der Waals surface area contributed by atoms with Crippen molar-refractivity contribution in [3.63, 3.8) is 0 Å². The monoisotopic (exact) mass is 276 g/mol. The minimum Gasteiger partial charge on any atom is -0.490 e. The SMILES string of the molecule is Cc1c(Cl)nnc(-c2ccccc2OC(C)C)c1C. The molecule has 0 saturated carbocycles. The van der Waals surface area contributed by atoms with Gasteiger partial charge in [0.15, 0.2) is 5.15 Å². The lowest BCUT2D eigenvalue weighted by Crippen LogP contribution is -2.07. The minimum atomic E-state index is 0.114. The predicted octanol–water partition coefficient (Wildman–Crippen LogP) is 4.20. The molecule has 0 unspecified atom stereocenters. The molecule has 0 fully saturated rings. The lowest BCUT2D eigenvalue weighted by molar-refractivity contribution is 0.243.